The van der Waals surface area contributed by atoms with Gasteiger partial charge in [0.05, 0.1) is 0 Å². The first-order chi connectivity index (χ1) is 13.2. The number of nitrogens with zero attached hydrogens (tertiary/aromatic N) is 2. The van der Waals surface area contributed by atoms with Gasteiger partial charge in [-0.1, -0.05) is 59.2 Å². The number of likely N-dealkylation sites (N-methyl/N-ethyl adjacent to an activating group) is 1. The molecule has 2 unspecified atom stereocenters. The van der Waals surface area contributed by atoms with Gasteiger partial charge in [-0.15, -0.1) is 12.4 Å². The van der Waals surface area contributed by atoms with Crippen LogP contribution in [0.25, 0.3) is 11.3 Å². The number of halogens is 2. The largest absolute Gasteiger partial charge is 0.360 e. The van der Waals surface area contributed by atoms with Crippen molar-refractivity contribution in [3.63, 3.8) is 0 Å². The molecule has 0 N–H and O–H groups in total. The first-order valence-electron chi connectivity index (χ1n) is 9.70. The Bertz CT molecular complexity index is 925. The minimum atomic E-state index is 0. The molecule has 2 aliphatic rings. The highest BCUT2D eigenvalue weighted by molar-refractivity contribution is 6.30. The minimum Gasteiger partial charge on any atom is -0.360 e. The number of fused-ring (bicyclic) bond motifs is 2. The van der Waals surface area contributed by atoms with E-state index in [0.29, 0.717) is 23.9 Å². The third-order valence-corrected chi connectivity index (χ3v) is 6.75. The van der Waals surface area contributed by atoms with Crippen LogP contribution in [-0.2, 0) is 0 Å². The number of hydrogen-bond acceptors (Lipinski definition) is 3. The van der Waals surface area contributed by atoms with Crippen LogP contribution in [0.15, 0.2) is 65.2 Å². The van der Waals surface area contributed by atoms with Gasteiger partial charge in [0.2, 0.25) is 0 Å². The highest BCUT2D eigenvalue weighted by atomic mass is 35.5. The molecule has 0 aliphatic carbocycles. The third-order valence-electron chi connectivity index (χ3n) is 6.49. The predicted octanol–water partition coefficient (Wildman–Crippen LogP) is 6.15. The van der Waals surface area contributed by atoms with E-state index in [1.807, 2.05) is 30.3 Å². The Morgan fingerprint density at radius 1 is 1.04 bits per heavy atom. The van der Waals surface area contributed by atoms with Gasteiger partial charge in [0.1, 0.15) is 11.5 Å². The van der Waals surface area contributed by atoms with Crippen molar-refractivity contribution in [1.82, 2.24) is 10.1 Å². The average molecular weight is 415 g/mol. The van der Waals surface area contributed by atoms with Crippen molar-refractivity contribution in [2.45, 2.75) is 43.2 Å². The number of benzene rings is 2. The van der Waals surface area contributed by atoms with Gasteiger partial charge < -0.3 is 4.52 Å². The smallest absolute Gasteiger partial charge is 0.142 e. The molecule has 5 heteroatoms. The van der Waals surface area contributed by atoms with Gasteiger partial charge in [-0.2, -0.15) is 0 Å². The van der Waals surface area contributed by atoms with Crippen LogP contribution in [0.1, 0.15) is 42.4 Å². The molecule has 1 aromatic heterocycles. The molecule has 3 heterocycles. The van der Waals surface area contributed by atoms with E-state index < -0.39 is 0 Å². The summed E-state index contributed by atoms with van der Waals surface area (Å²) >= 11 is 6.13. The van der Waals surface area contributed by atoms with Gasteiger partial charge in [0, 0.05) is 34.7 Å². The summed E-state index contributed by atoms with van der Waals surface area (Å²) in [5.41, 5.74) is 3.37. The van der Waals surface area contributed by atoms with Crippen molar-refractivity contribution in [2.75, 3.05) is 7.05 Å². The molecule has 2 aromatic carbocycles. The molecular formula is C23H24Cl2N2O. The third kappa shape index (κ3) is 3.36. The van der Waals surface area contributed by atoms with Crippen molar-refractivity contribution in [3.05, 3.63) is 77.0 Å². The molecule has 3 aromatic rings. The molecule has 4 atom stereocenters. The molecule has 2 fully saturated rings. The molecule has 0 saturated carbocycles. The van der Waals surface area contributed by atoms with E-state index in [0.717, 1.165) is 28.5 Å². The second kappa shape index (κ2) is 7.90. The normalized spacial score (nSPS) is 26.8. The van der Waals surface area contributed by atoms with Crippen LogP contribution in [0.2, 0.25) is 5.02 Å². The standard InChI is InChI=1S/C23H23ClN2O.ClH/c1-26-18-11-12-21(26)23(19(13-18)15-7-9-17(24)10-8-15)22-14-20(25-27-22)16-5-3-2-4-6-16;/h2-10,14,18-19,21,23H,11-13H2,1H3;1H/t18-,19-,21?,23?;/m1./s1. The lowest BCUT2D eigenvalue weighted by atomic mass is 9.75. The lowest BCUT2D eigenvalue weighted by Crippen LogP contribution is -2.44. The van der Waals surface area contributed by atoms with Crippen LogP contribution in [0.3, 0.4) is 0 Å². The van der Waals surface area contributed by atoms with E-state index in [1.165, 1.54) is 18.4 Å². The first-order valence-corrected chi connectivity index (χ1v) is 10.1. The Morgan fingerprint density at radius 3 is 2.54 bits per heavy atom. The van der Waals surface area contributed by atoms with Crippen LogP contribution in [0.4, 0.5) is 0 Å². The Morgan fingerprint density at radius 2 is 1.79 bits per heavy atom. The monoisotopic (exact) mass is 414 g/mol. The molecule has 2 aliphatic heterocycles. The van der Waals surface area contributed by atoms with E-state index in [9.17, 15) is 0 Å². The van der Waals surface area contributed by atoms with E-state index >= 15 is 0 Å². The summed E-state index contributed by atoms with van der Waals surface area (Å²) in [6.07, 6.45) is 3.64. The maximum atomic E-state index is 6.13. The van der Waals surface area contributed by atoms with Crippen LogP contribution in [0.5, 0.6) is 0 Å². The van der Waals surface area contributed by atoms with Crippen molar-refractivity contribution >= 4 is 24.0 Å². The lowest BCUT2D eigenvalue weighted by molar-refractivity contribution is 0.122. The molecule has 2 saturated heterocycles. The van der Waals surface area contributed by atoms with Crippen LogP contribution < -0.4 is 0 Å². The Kier molecular flexibility index (Phi) is 5.50. The van der Waals surface area contributed by atoms with E-state index in [1.54, 1.807) is 0 Å². The van der Waals surface area contributed by atoms with Crippen LogP contribution in [0, 0.1) is 0 Å². The lowest BCUT2D eigenvalue weighted by Gasteiger charge is -2.42. The number of aromatic nitrogens is 1. The van der Waals surface area contributed by atoms with Crippen molar-refractivity contribution < 1.29 is 4.52 Å². The summed E-state index contributed by atoms with van der Waals surface area (Å²) < 4.78 is 5.93. The summed E-state index contributed by atoms with van der Waals surface area (Å²) in [6.45, 7) is 0. The SMILES string of the molecule is CN1C2CC[C@@H]1C[C@H](c1ccc(Cl)cc1)C2c1cc(-c2ccccc2)no1.Cl. The van der Waals surface area contributed by atoms with E-state index in [2.05, 4.69) is 47.4 Å². The molecule has 0 radical (unpaired) electrons. The summed E-state index contributed by atoms with van der Waals surface area (Å²) in [4.78, 5) is 2.56. The zero-order valence-electron chi connectivity index (χ0n) is 15.8. The molecule has 5 rings (SSSR count). The molecular weight excluding hydrogens is 391 g/mol. The summed E-state index contributed by atoms with van der Waals surface area (Å²) in [5, 5.41) is 5.19. The van der Waals surface area contributed by atoms with Crippen LogP contribution >= 0.6 is 24.0 Å². The summed E-state index contributed by atoms with van der Waals surface area (Å²) in [5.74, 6) is 1.76. The zero-order valence-corrected chi connectivity index (χ0v) is 17.4. The predicted molar refractivity (Wildman–Crippen MR) is 115 cm³/mol. The average Bonchev–Trinajstić information content (AvgIpc) is 3.26. The van der Waals surface area contributed by atoms with E-state index in [-0.39, 0.29) is 12.4 Å². The van der Waals surface area contributed by atoms with Gasteiger partial charge in [-0.3, -0.25) is 4.90 Å². The molecule has 146 valence electrons. The van der Waals surface area contributed by atoms with Gasteiger partial charge in [-0.05, 0) is 49.9 Å². The van der Waals surface area contributed by atoms with Crippen LogP contribution in [-0.4, -0.2) is 29.2 Å². The summed E-state index contributed by atoms with van der Waals surface area (Å²) in [7, 11) is 2.27. The molecule has 3 nitrogen and oxygen atoms in total. The van der Waals surface area contributed by atoms with E-state index in [4.69, 9.17) is 16.1 Å². The zero-order chi connectivity index (χ0) is 18.4. The second-order valence-electron chi connectivity index (χ2n) is 7.86. The fourth-order valence-corrected chi connectivity index (χ4v) is 5.22. The second-order valence-corrected chi connectivity index (χ2v) is 8.30. The number of piperidine rings is 1. The molecule has 0 spiro atoms. The maximum Gasteiger partial charge on any atom is 0.142 e. The topological polar surface area (TPSA) is 29.3 Å². The fourth-order valence-electron chi connectivity index (χ4n) is 5.10. The van der Waals surface area contributed by atoms with Gasteiger partial charge in [0.25, 0.3) is 0 Å². The molecule has 28 heavy (non-hydrogen) atoms. The Balaban J connectivity index is 0.00000192. The van der Waals surface area contributed by atoms with Crippen molar-refractivity contribution in [3.8, 4) is 11.3 Å². The van der Waals surface area contributed by atoms with Gasteiger partial charge in [-0.25, -0.2) is 0 Å². The molecule has 2 bridgehead atoms. The number of hydrogen-bond donors (Lipinski definition) is 0. The Labute approximate surface area is 177 Å². The van der Waals surface area contributed by atoms with Gasteiger partial charge in [0.15, 0.2) is 0 Å². The fraction of sp³-hybridized carbons (Fsp3) is 0.348. The van der Waals surface area contributed by atoms with Crippen molar-refractivity contribution in [2.24, 2.45) is 0 Å². The minimum absolute atomic E-state index is 0. The number of rotatable bonds is 3. The first kappa shape index (κ1) is 19.5. The molecule has 0 amide bonds. The van der Waals surface area contributed by atoms with Gasteiger partial charge >= 0.3 is 0 Å². The highest BCUT2D eigenvalue weighted by Gasteiger charge is 2.48. The highest BCUT2D eigenvalue weighted by Crippen LogP contribution is 2.51. The quantitative estimate of drug-likeness (QED) is 0.514. The summed E-state index contributed by atoms with van der Waals surface area (Å²) in [6, 6.07) is 21.9. The Hall–Kier alpha value is -1.81. The van der Waals surface area contributed by atoms with Crippen molar-refractivity contribution in [1.29, 1.82) is 0 Å². The maximum absolute atomic E-state index is 6.13.